The van der Waals surface area contributed by atoms with Crippen LogP contribution in [0.5, 0.6) is 0 Å². The Morgan fingerprint density at radius 2 is 2.22 bits per heavy atom. The molecule has 0 spiro atoms. The number of hydrogen-bond donors (Lipinski definition) is 1. The Balaban J connectivity index is 2.11. The van der Waals surface area contributed by atoms with Crippen LogP contribution in [0.15, 0.2) is 22.7 Å². The standard InChI is InChI=1S/C14H20BrClN2/c1-9-5-10(9)8-18(2)14(7-17)12-4-3-11(16)6-13(12)15/h3-4,6,9-10,14H,5,7-8,17H2,1-2H3. The zero-order valence-electron chi connectivity index (χ0n) is 10.9. The van der Waals surface area contributed by atoms with Crippen LogP contribution in [0.2, 0.25) is 5.02 Å². The minimum absolute atomic E-state index is 0.254. The number of halogens is 2. The van der Waals surface area contributed by atoms with Gasteiger partial charge < -0.3 is 5.73 Å². The second kappa shape index (κ2) is 5.91. The molecule has 2 N–H and O–H groups in total. The molecule has 0 saturated heterocycles. The van der Waals surface area contributed by atoms with Gasteiger partial charge in [-0.2, -0.15) is 0 Å². The summed E-state index contributed by atoms with van der Waals surface area (Å²) in [5, 5.41) is 0.750. The molecule has 0 aromatic heterocycles. The molecule has 4 heteroatoms. The predicted octanol–water partition coefficient (Wildman–Crippen LogP) is 3.69. The van der Waals surface area contributed by atoms with Gasteiger partial charge in [-0.3, -0.25) is 4.90 Å². The van der Waals surface area contributed by atoms with E-state index < -0.39 is 0 Å². The van der Waals surface area contributed by atoms with E-state index in [0.29, 0.717) is 6.54 Å². The van der Waals surface area contributed by atoms with Crippen molar-refractivity contribution in [2.45, 2.75) is 19.4 Å². The van der Waals surface area contributed by atoms with Gasteiger partial charge in [-0.1, -0.05) is 40.5 Å². The first-order valence-electron chi connectivity index (χ1n) is 6.38. The Bertz CT molecular complexity index is 424. The van der Waals surface area contributed by atoms with Crippen LogP contribution in [0.25, 0.3) is 0 Å². The minimum atomic E-state index is 0.254. The van der Waals surface area contributed by atoms with E-state index in [2.05, 4.69) is 40.9 Å². The molecule has 18 heavy (non-hydrogen) atoms. The number of nitrogens with two attached hydrogens (primary N) is 1. The Kier molecular flexibility index (Phi) is 4.70. The third kappa shape index (κ3) is 3.27. The maximum atomic E-state index is 5.98. The van der Waals surface area contributed by atoms with Gasteiger partial charge in [0.05, 0.1) is 0 Å². The third-order valence-electron chi connectivity index (χ3n) is 3.88. The lowest BCUT2D eigenvalue weighted by molar-refractivity contribution is 0.236. The highest BCUT2D eigenvalue weighted by Crippen LogP contribution is 2.39. The smallest absolute Gasteiger partial charge is 0.0478 e. The van der Waals surface area contributed by atoms with Crippen molar-refractivity contribution in [1.29, 1.82) is 0 Å². The van der Waals surface area contributed by atoms with E-state index in [-0.39, 0.29) is 6.04 Å². The van der Waals surface area contributed by atoms with E-state index in [1.165, 1.54) is 12.0 Å². The van der Waals surface area contributed by atoms with Crippen molar-refractivity contribution in [3.63, 3.8) is 0 Å². The highest BCUT2D eigenvalue weighted by Gasteiger charge is 2.34. The van der Waals surface area contributed by atoms with Crippen molar-refractivity contribution in [3.8, 4) is 0 Å². The fraction of sp³-hybridized carbons (Fsp3) is 0.571. The zero-order valence-corrected chi connectivity index (χ0v) is 13.2. The summed E-state index contributed by atoms with van der Waals surface area (Å²) in [6.45, 7) is 4.06. The van der Waals surface area contributed by atoms with Crippen LogP contribution in [0.1, 0.15) is 24.9 Å². The zero-order chi connectivity index (χ0) is 13.3. The first kappa shape index (κ1) is 14.3. The van der Waals surface area contributed by atoms with Gasteiger partial charge in [0.2, 0.25) is 0 Å². The molecular weight excluding hydrogens is 312 g/mol. The summed E-state index contributed by atoms with van der Waals surface area (Å²) in [4.78, 5) is 2.36. The molecule has 0 heterocycles. The van der Waals surface area contributed by atoms with Crippen LogP contribution in [0.3, 0.4) is 0 Å². The predicted molar refractivity (Wildman–Crippen MR) is 80.8 cm³/mol. The van der Waals surface area contributed by atoms with Gasteiger partial charge >= 0.3 is 0 Å². The van der Waals surface area contributed by atoms with Crippen molar-refractivity contribution in [3.05, 3.63) is 33.3 Å². The molecule has 1 aliphatic rings. The lowest BCUT2D eigenvalue weighted by Crippen LogP contribution is -2.32. The molecule has 0 radical (unpaired) electrons. The Morgan fingerprint density at radius 1 is 1.56 bits per heavy atom. The minimum Gasteiger partial charge on any atom is -0.329 e. The summed E-state index contributed by atoms with van der Waals surface area (Å²) in [5.41, 5.74) is 7.17. The monoisotopic (exact) mass is 330 g/mol. The molecule has 3 unspecified atom stereocenters. The molecule has 0 aliphatic heterocycles. The first-order valence-corrected chi connectivity index (χ1v) is 7.55. The largest absolute Gasteiger partial charge is 0.329 e. The number of benzene rings is 1. The van der Waals surface area contributed by atoms with Gasteiger partial charge in [0.25, 0.3) is 0 Å². The fourth-order valence-corrected chi connectivity index (χ4v) is 3.41. The Labute approximate surface area is 123 Å². The van der Waals surface area contributed by atoms with Crippen LogP contribution in [-0.4, -0.2) is 25.0 Å². The maximum Gasteiger partial charge on any atom is 0.0478 e. The van der Waals surface area contributed by atoms with Gasteiger partial charge in [-0.05, 0) is 43.0 Å². The molecule has 1 saturated carbocycles. The van der Waals surface area contributed by atoms with Gasteiger partial charge in [0, 0.05) is 28.6 Å². The lowest BCUT2D eigenvalue weighted by atomic mass is 10.1. The summed E-state index contributed by atoms with van der Waals surface area (Å²) in [5.74, 6) is 1.72. The van der Waals surface area contributed by atoms with Crippen LogP contribution in [0.4, 0.5) is 0 Å². The van der Waals surface area contributed by atoms with Crippen LogP contribution >= 0.6 is 27.5 Å². The van der Waals surface area contributed by atoms with Crippen LogP contribution in [-0.2, 0) is 0 Å². The van der Waals surface area contributed by atoms with Crippen molar-refractivity contribution in [2.75, 3.05) is 20.1 Å². The molecule has 1 aliphatic carbocycles. The SMILES string of the molecule is CC1CC1CN(C)C(CN)c1ccc(Cl)cc1Br. The van der Waals surface area contributed by atoms with Gasteiger partial charge in [-0.15, -0.1) is 0 Å². The van der Waals surface area contributed by atoms with E-state index >= 15 is 0 Å². The normalized spacial score (nSPS) is 24.3. The molecule has 1 aromatic rings. The molecule has 0 amide bonds. The summed E-state index contributed by atoms with van der Waals surface area (Å²) in [6.07, 6.45) is 1.35. The molecule has 2 rings (SSSR count). The fourth-order valence-electron chi connectivity index (χ4n) is 2.47. The van der Waals surface area contributed by atoms with Gasteiger partial charge in [0.15, 0.2) is 0 Å². The molecule has 0 bridgehead atoms. The quantitative estimate of drug-likeness (QED) is 0.891. The number of hydrogen-bond acceptors (Lipinski definition) is 2. The highest BCUT2D eigenvalue weighted by molar-refractivity contribution is 9.10. The number of likely N-dealkylation sites (N-methyl/N-ethyl adjacent to an activating group) is 1. The highest BCUT2D eigenvalue weighted by atomic mass is 79.9. The second-order valence-corrected chi connectivity index (χ2v) is 6.62. The average Bonchev–Trinajstić information content (AvgIpc) is 2.98. The van der Waals surface area contributed by atoms with Crippen molar-refractivity contribution >= 4 is 27.5 Å². The van der Waals surface area contributed by atoms with E-state index in [1.807, 2.05) is 12.1 Å². The van der Waals surface area contributed by atoms with Gasteiger partial charge in [0.1, 0.15) is 0 Å². The second-order valence-electron chi connectivity index (χ2n) is 5.33. The molecule has 1 aromatic carbocycles. The van der Waals surface area contributed by atoms with Crippen LogP contribution in [0, 0.1) is 11.8 Å². The van der Waals surface area contributed by atoms with E-state index in [9.17, 15) is 0 Å². The summed E-state index contributed by atoms with van der Waals surface area (Å²) < 4.78 is 1.04. The topological polar surface area (TPSA) is 29.3 Å². The summed E-state index contributed by atoms with van der Waals surface area (Å²) in [7, 11) is 2.16. The van der Waals surface area contributed by atoms with E-state index in [0.717, 1.165) is 27.9 Å². The summed E-state index contributed by atoms with van der Waals surface area (Å²) in [6, 6.07) is 6.19. The van der Waals surface area contributed by atoms with Crippen molar-refractivity contribution in [2.24, 2.45) is 17.6 Å². The average molecular weight is 332 g/mol. The summed E-state index contributed by atoms with van der Waals surface area (Å²) >= 11 is 9.57. The molecule has 1 fully saturated rings. The molecule has 3 atom stereocenters. The molecule has 2 nitrogen and oxygen atoms in total. The van der Waals surface area contributed by atoms with E-state index in [1.54, 1.807) is 0 Å². The van der Waals surface area contributed by atoms with Crippen molar-refractivity contribution < 1.29 is 0 Å². The molecular formula is C14H20BrClN2. The van der Waals surface area contributed by atoms with Gasteiger partial charge in [-0.25, -0.2) is 0 Å². The Morgan fingerprint density at radius 3 is 2.72 bits per heavy atom. The van der Waals surface area contributed by atoms with Crippen LogP contribution < -0.4 is 5.73 Å². The Hall–Kier alpha value is -0.0900. The molecule has 100 valence electrons. The maximum absolute atomic E-state index is 5.98. The third-order valence-corrected chi connectivity index (χ3v) is 4.80. The number of rotatable bonds is 5. The van der Waals surface area contributed by atoms with E-state index in [4.69, 9.17) is 17.3 Å². The van der Waals surface area contributed by atoms with Crippen molar-refractivity contribution in [1.82, 2.24) is 4.90 Å². The lowest BCUT2D eigenvalue weighted by Gasteiger charge is -2.28. The first-order chi connectivity index (χ1) is 8.52. The number of nitrogens with zero attached hydrogens (tertiary/aromatic N) is 1.